The monoisotopic (exact) mass is 186 g/mol. The van der Waals surface area contributed by atoms with Crippen molar-refractivity contribution in [3.05, 3.63) is 0 Å². The van der Waals surface area contributed by atoms with Gasteiger partial charge in [-0.2, -0.15) is 0 Å². The standard InChI is InChI=1S/C10H18O3/c1-4-10(2,3)13-8(9(11)12)7-5-6-7/h7-8H,4-6H2,1-3H3,(H,11,12). The van der Waals surface area contributed by atoms with Crippen LogP contribution in [0.15, 0.2) is 0 Å². The third-order valence-corrected chi connectivity index (χ3v) is 2.59. The predicted molar refractivity (Wildman–Crippen MR) is 49.6 cm³/mol. The largest absolute Gasteiger partial charge is 0.479 e. The summed E-state index contributed by atoms with van der Waals surface area (Å²) >= 11 is 0. The summed E-state index contributed by atoms with van der Waals surface area (Å²) in [5, 5.41) is 8.92. The van der Waals surface area contributed by atoms with Gasteiger partial charge in [-0.1, -0.05) is 6.92 Å². The Kier molecular flexibility index (Phi) is 2.96. The first-order valence-electron chi connectivity index (χ1n) is 4.87. The van der Waals surface area contributed by atoms with Crippen LogP contribution in [0.2, 0.25) is 0 Å². The molecule has 13 heavy (non-hydrogen) atoms. The Hall–Kier alpha value is -0.570. The van der Waals surface area contributed by atoms with Gasteiger partial charge in [-0.3, -0.25) is 0 Å². The van der Waals surface area contributed by atoms with E-state index < -0.39 is 12.1 Å². The van der Waals surface area contributed by atoms with E-state index in [9.17, 15) is 4.79 Å². The molecule has 0 aromatic carbocycles. The van der Waals surface area contributed by atoms with Gasteiger partial charge in [0, 0.05) is 0 Å². The van der Waals surface area contributed by atoms with Crippen LogP contribution in [0.5, 0.6) is 0 Å². The number of rotatable bonds is 5. The highest BCUT2D eigenvalue weighted by Gasteiger charge is 2.39. The summed E-state index contributed by atoms with van der Waals surface area (Å²) in [6.07, 6.45) is 2.24. The van der Waals surface area contributed by atoms with E-state index in [1.165, 1.54) is 0 Å². The molecule has 3 nitrogen and oxygen atoms in total. The van der Waals surface area contributed by atoms with E-state index in [0.29, 0.717) is 0 Å². The molecule has 1 aliphatic rings. The molecular weight excluding hydrogens is 168 g/mol. The second kappa shape index (κ2) is 3.66. The summed E-state index contributed by atoms with van der Waals surface area (Å²) in [6, 6.07) is 0. The summed E-state index contributed by atoms with van der Waals surface area (Å²) in [5.41, 5.74) is -0.314. The molecule has 76 valence electrons. The third-order valence-electron chi connectivity index (χ3n) is 2.59. The van der Waals surface area contributed by atoms with Crippen molar-refractivity contribution in [1.29, 1.82) is 0 Å². The fourth-order valence-electron chi connectivity index (χ4n) is 1.17. The fraction of sp³-hybridized carbons (Fsp3) is 0.900. The van der Waals surface area contributed by atoms with Gasteiger partial charge in [0.05, 0.1) is 5.60 Å². The van der Waals surface area contributed by atoms with Gasteiger partial charge in [-0.25, -0.2) is 4.79 Å². The van der Waals surface area contributed by atoms with E-state index in [0.717, 1.165) is 19.3 Å². The Morgan fingerprint density at radius 1 is 1.62 bits per heavy atom. The number of hydrogen-bond acceptors (Lipinski definition) is 2. The topological polar surface area (TPSA) is 46.5 Å². The Morgan fingerprint density at radius 3 is 2.46 bits per heavy atom. The highest BCUT2D eigenvalue weighted by Crippen LogP contribution is 2.36. The molecule has 0 heterocycles. The average molecular weight is 186 g/mol. The Labute approximate surface area is 79.1 Å². The lowest BCUT2D eigenvalue weighted by Crippen LogP contribution is -2.36. The quantitative estimate of drug-likeness (QED) is 0.714. The lowest BCUT2D eigenvalue weighted by molar-refractivity contribution is -0.164. The lowest BCUT2D eigenvalue weighted by Gasteiger charge is -2.27. The number of aliphatic carboxylic acids is 1. The molecule has 0 amide bonds. The van der Waals surface area contributed by atoms with Gasteiger partial charge in [0.15, 0.2) is 6.10 Å². The number of carboxylic acid groups (broad SMARTS) is 1. The smallest absolute Gasteiger partial charge is 0.333 e. The van der Waals surface area contributed by atoms with Gasteiger partial charge in [0.25, 0.3) is 0 Å². The van der Waals surface area contributed by atoms with Crippen molar-refractivity contribution in [3.63, 3.8) is 0 Å². The van der Waals surface area contributed by atoms with Crippen molar-refractivity contribution in [3.8, 4) is 0 Å². The van der Waals surface area contributed by atoms with Gasteiger partial charge in [0.2, 0.25) is 0 Å². The van der Waals surface area contributed by atoms with Crippen LogP contribution < -0.4 is 0 Å². The third kappa shape index (κ3) is 2.99. The number of hydrogen-bond donors (Lipinski definition) is 1. The Balaban J connectivity index is 2.51. The molecule has 0 aliphatic heterocycles. The van der Waals surface area contributed by atoms with Gasteiger partial charge in [-0.05, 0) is 39.0 Å². The van der Waals surface area contributed by atoms with Crippen LogP contribution in [0.1, 0.15) is 40.0 Å². The van der Waals surface area contributed by atoms with Crippen molar-refractivity contribution in [2.24, 2.45) is 5.92 Å². The minimum absolute atomic E-state index is 0.253. The highest BCUT2D eigenvalue weighted by atomic mass is 16.5. The van der Waals surface area contributed by atoms with Crippen molar-refractivity contribution in [2.75, 3.05) is 0 Å². The molecule has 1 atom stereocenters. The molecule has 0 radical (unpaired) electrons. The molecule has 0 spiro atoms. The van der Waals surface area contributed by atoms with Gasteiger partial charge < -0.3 is 9.84 Å². The lowest BCUT2D eigenvalue weighted by atomic mass is 10.1. The van der Waals surface area contributed by atoms with Gasteiger partial charge in [0.1, 0.15) is 0 Å². The van der Waals surface area contributed by atoms with Crippen molar-refractivity contribution < 1.29 is 14.6 Å². The van der Waals surface area contributed by atoms with Crippen LogP contribution in [-0.4, -0.2) is 22.8 Å². The maximum Gasteiger partial charge on any atom is 0.333 e. The van der Waals surface area contributed by atoms with E-state index in [-0.39, 0.29) is 11.5 Å². The molecule has 1 N–H and O–H groups in total. The Bertz CT molecular complexity index is 194. The molecule has 0 saturated heterocycles. The van der Waals surface area contributed by atoms with Crippen LogP contribution in [0.25, 0.3) is 0 Å². The maximum absolute atomic E-state index is 10.8. The summed E-state index contributed by atoms with van der Waals surface area (Å²) in [7, 11) is 0. The van der Waals surface area contributed by atoms with E-state index in [2.05, 4.69) is 0 Å². The van der Waals surface area contributed by atoms with Gasteiger partial charge >= 0.3 is 5.97 Å². The zero-order valence-electron chi connectivity index (χ0n) is 8.54. The van der Waals surface area contributed by atoms with Crippen molar-refractivity contribution in [2.45, 2.75) is 51.7 Å². The number of carboxylic acids is 1. The van der Waals surface area contributed by atoms with E-state index in [1.807, 2.05) is 20.8 Å². The first kappa shape index (κ1) is 10.5. The van der Waals surface area contributed by atoms with Crippen LogP contribution >= 0.6 is 0 Å². The summed E-state index contributed by atoms with van der Waals surface area (Å²) in [5.74, 6) is -0.563. The number of ether oxygens (including phenoxy) is 1. The molecule has 1 aliphatic carbocycles. The SMILES string of the molecule is CCC(C)(C)OC(C(=O)O)C1CC1. The minimum atomic E-state index is -0.816. The number of carbonyl (C=O) groups is 1. The summed E-state index contributed by atoms with van der Waals surface area (Å²) in [4.78, 5) is 10.8. The minimum Gasteiger partial charge on any atom is -0.479 e. The molecule has 0 bridgehead atoms. The summed E-state index contributed by atoms with van der Waals surface area (Å²) < 4.78 is 5.57. The molecule has 1 unspecified atom stereocenters. The van der Waals surface area contributed by atoms with E-state index >= 15 is 0 Å². The summed E-state index contributed by atoms with van der Waals surface area (Å²) in [6.45, 7) is 5.88. The molecular formula is C10H18O3. The molecule has 0 aromatic rings. The highest BCUT2D eigenvalue weighted by molar-refractivity contribution is 5.73. The van der Waals surface area contributed by atoms with E-state index in [4.69, 9.17) is 9.84 Å². The van der Waals surface area contributed by atoms with Crippen molar-refractivity contribution >= 4 is 5.97 Å². The van der Waals surface area contributed by atoms with Crippen LogP contribution in [0.3, 0.4) is 0 Å². The average Bonchev–Trinajstić information content (AvgIpc) is 2.82. The Morgan fingerprint density at radius 2 is 2.15 bits per heavy atom. The first-order valence-corrected chi connectivity index (χ1v) is 4.87. The van der Waals surface area contributed by atoms with Gasteiger partial charge in [-0.15, -0.1) is 0 Å². The van der Waals surface area contributed by atoms with Crippen LogP contribution in [-0.2, 0) is 9.53 Å². The van der Waals surface area contributed by atoms with Crippen LogP contribution in [0, 0.1) is 5.92 Å². The van der Waals surface area contributed by atoms with Crippen LogP contribution in [0.4, 0.5) is 0 Å². The fourth-order valence-corrected chi connectivity index (χ4v) is 1.17. The second-order valence-electron chi connectivity index (χ2n) is 4.33. The maximum atomic E-state index is 10.8. The van der Waals surface area contributed by atoms with Crippen molar-refractivity contribution in [1.82, 2.24) is 0 Å². The first-order chi connectivity index (χ1) is 5.96. The molecule has 3 heteroatoms. The molecule has 1 rings (SSSR count). The predicted octanol–water partition coefficient (Wildman–Crippen LogP) is 2.05. The zero-order chi connectivity index (χ0) is 10.1. The molecule has 1 fully saturated rings. The second-order valence-corrected chi connectivity index (χ2v) is 4.33. The molecule has 0 aromatic heterocycles. The normalized spacial score (nSPS) is 19.9. The zero-order valence-corrected chi connectivity index (χ0v) is 8.54. The van der Waals surface area contributed by atoms with E-state index in [1.54, 1.807) is 0 Å². The molecule has 1 saturated carbocycles.